The topological polar surface area (TPSA) is 39.7 Å². The minimum absolute atomic E-state index is 0.462. The molecular formula is C20H34N4S. The summed E-state index contributed by atoms with van der Waals surface area (Å²) in [5, 5.41) is 7.39. The number of guanidine groups is 1. The average Bonchev–Trinajstić information content (AvgIpc) is 3.06. The fourth-order valence-electron chi connectivity index (χ4n) is 3.17. The summed E-state index contributed by atoms with van der Waals surface area (Å²) < 4.78 is 0. The van der Waals surface area contributed by atoms with Gasteiger partial charge in [-0.1, -0.05) is 32.0 Å². The molecule has 1 heterocycles. The number of likely N-dealkylation sites (tertiary alicyclic amines) is 1. The van der Waals surface area contributed by atoms with Gasteiger partial charge in [-0.25, -0.2) is 0 Å². The van der Waals surface area contributed by atoms with Gasteiger partial charge in [0.15, 0.2) is 5.96 Å². The van der Waals surface area contributed by atoms with Gasteiger partial charge in [0.2, 0.25) is 0 Å². The Kier molecular flexibility index (Phi) is 9.19. The van der Waals surface area contributed by atoms with Gasteiger partial charge in [-0.2, -0.15) is 0 Å². The summed E-state index contributed by atoms with van der Waals surface area (Å²) in [6.45, 7) is 13.1. The van der Waals surface area contributed by atoms with Crippen LogP contribution in [0.2, 0.25) is 0 Å². The quantitative estimate of drug-likeness (QED) is 0.401. The summed E-state index contributed by atoms with van der Waals surface area (Å²) >= 11 is 1.88. The van der Waals surface area contributed by atoms with Crippen LogP contribution in [0.4, 0.5) is 0 Å². The molecule has 2 N–H and O–H groups in total. The zero-order valence-electron chi connectivity index (χ0n) is 16.0. The maximum Gasteiger partial charge on any atom is 0.191 e. The molecule has 1 aromatic carbocycles. The van der Waals surface area contributed by atoms with Crippen LogP contribution in [0.15, 0.2) is 40.2 Å². The Hall–Kier alpha value is -1.20. The van der Waals surface area contributed by atoms with Gasteiger partial charge in [0.1, 0.15) is 0 Å². The lowest BCUT2D eigenvalue weighted by atomic mass is 10.1. The molecule has 1 aliphatic heterocycles. The molecule has 2 atom stereocenters. The number of hydrogen-bond donors (Lipinski definition) is 2. The number of hydrogen-bond acceptors (Lipinski definition) is 3. The Labute approximate surface area is 157 Å². The highest BCUT2D eigenvalue weighted by Gasteiger charge is 2.21. The third-order valence-electron chi connectivity index (χ3n) is 4.40. The Morgan fingerprint density at radius 2 is 2.08 bits per heavy atom. The first-order valence-electron chi connectivity index (χ1n) is 9.67. The Bertz CT molecular complexity index is 506. The van der Waals surface area contributed by atoms with Crippen molar-refractivity contribution in [1.82, 2.24) is 15.5 Å². The predicted molar refractivity (Wildman–Crippen MR) is 111 cm³/mol. The normalized spacial score (nSPS) is 19.8. The maximum absolute atomic E-state index is 4.79. The molecule has 0 spiro atoms. The highest BCUT2D eigenvalue weighted by atomic mass is 32.2. The second-order valence-electron chi connectivity index (χ2n) is 6.80. The van der Waals surface area contributed by atoms with Crippen molar-refractivity contribution in [1.29, 1.82) is 0 Å². The monoisotopic (exact) mass is 362 g/mol. The molecule has 0 saturated carbocycles. The summed E-state index contributed by atoms with van der Waals surface area (Å²) in [6, 6.07) is 10.6. The third-order valence-corrected chi connectivity index (χ3v) is 5.49. The van der Waals surface area contributed by atoms with Crippen LogP contribution in [0.1, 0.15) is 33.6 Å². The van der Waals surface area contributed by atoms with Crippen LogP contribution in [-0.2, 0) is 0 Å². The molecule has 2 rings (SSSR count). The molecule has 0 aromatic heterocycles. The first-order chi connectivity index (χ1) is 12.2. The standard InChI is InChI=1S/C20H34N4S/c1-4-12-24-13-11-18(16-24)15-23-20(21-5-2)22-14-17(3)25-19-9-7-6-8-10-19/h6-10,17-18H,4-5,11-16H2,1-3H3,(H2,21,22,23). The van der Waals surface area contributed by atoms with Gasteiger partial charge in [0.05, 0.1) is 6.54 Å². The lowest BCUT2D eigenvalue weighted by molar-refractivity contribution is 0.324. The van der Waals surface area contributed by atoms with Crippen LogP contribution in [-0.4, -0.2) is 55.4 Å². The molecule has 1 saturated heterocycles. The molecular weight excluding hydrogens is 328 g/mol. The molecule has 0 radical (unpaired) electrons. The Morgan fingerprint density at radius 3 is 2.80 bits per heavy atom. The molecule has 0 bridgehead atoms. The first-order valence-corrected chi connectivity index (χ1v) is 10.6. The van der Waals surface area contributed by atoms with Crippen LogP contribution < -0.4 is 10.6 Å². The summed E-state index contributed by atoms with van der Waals surface area (Å²) in [5.41, 5.74) is 0. The first kappa shape index (κ1) is 20.1. The van der Waals surface area contributed by atoms with Gasteiger partial charge < -0.3 is 15.5 Å². The van der Waals surface area contributed by atoms with Crippen LogP contribution >= 0.6 is 11.8 Å². The van der Waals surface area contributed by atoms with Gasteiger partial charge in [-0.3, -0.25) is 4.99 Å². The van der Waals surface area contributed by atoms with Crippen LogP contribution in [0, 0.1) is 5.92 Å². The molecule has 1 fully saturated rings. The summed E-state index contributed by atoms with van der Waals surface area (Å²) in [6.07, 6.45) is 2.55. The predicted octanol–water partition coefficient (Wildman–Crippen LogP) is 3.45. The maximum atomic E-state index is 4.79. The van der Waals surface area contributed by atoms with E-state index in [9.17, 15) is 0 Å². The summed E-state index contributed by atoms with van der Waals surface area (Å²) in [5.74, 6) is 1.70. The summed E-state index contributed by atoms with van der Waals surface area (Å²) in [7, 11) is 0. The molecule has 0 aliphatic carbocycles. The van der Waals surface area contributed by atoms with E-state index in [2.05, 4.69) is 66.6 Å². The van der Waals surface area contributed by atoms with Gasteiger partial charge in [0.25, 0.3) is 0 Å². The number of thioether (sulfide) groups is 1. The number of benzene rings is 1. The largest absolute Gasteiger partial charge is 0.357 e. The average molecular weight is 363 g/mol. The van der Waals surface area contributed by atoms with E-state index in [0.717, 1.165) is 31.5 Å². The van der Waals surface area contributed by atoms with Gasteiger partial charge in [-0.05, 0) is 50.9 Å². The molecule has 4 nitrogen and oxygen atoms in total. The van der Waals surface area contributed by atoms with Gasteiger partial charge in [0, 0.05) is 29.8 Å². The Morgan fingerprint density at radius 1 is 1.28 bits per heavy atom. The van der Waals surface area contributed by atoms with E-state index in [0.29, 0.717) is 5.25 Å². The molecule has 140 valence electrons. The van der Waals surface area contributed by atoms with Gasteiger partial charge in [-0.15, -0.1) is 11.8 Å². The number of nitrogens with zero attached hydrogens (tertiary/aromatic N) is 2. The van der Waals surface area contributed by atoms with Crippen molar-refractivity contribution in [3.63, 3.8) is 0 Å². The minimum atomic E-state index is 0.462. The summed E-state index contributed by atoms with van der Waals surface area (Å²) in [4.78, 5) is 8.67. The smallest absolute Gasteiger partial charge is 0.191 e. The second kappa shape index (κ2) is 11.4. The number of rotatable bonds is 9. The number of aliphatic imine (C=N–C) groups is 1. The zero-order chi connectivity index (χ0) is 17.9. The van der Waals surface area contributed by atoms with Gasteiger partial charge >= 0.3 is 0 Å². The van der Waals surface area contributed by atoms with Crippen molar-refractivity contribution in [3.8, 4) is 0 Å². The van der Waals surface area contributed by atoms with Crippen molar-refractivity contribution in [2.45, 2.75) is 43.8 Å². The van der Waals surface area contributed by atoms with Crippen molar-refractivity contribution in [2.24, 2.45) is 10.9 Å². The fraction of sp³-hybridized carbons (Fsp3) is 0.650. The molecule has 0 amide bonds. The highest BCUT2D eigenvalue weighted by molar-refractivity contribution is 8.00. The van der Waals surface area contributed by atoms with E-state index in [1.807, 2.05) is 11.8 Å². The minimum Gasteiger partial charge on any atom is -0.357 e. The molecule has 2 unspecified atom stereocenters. The van der Waals surface area contributed by atoms with Crippen molar-refractivity contribution in [3.05, 3.63) is 30.3 Å². The molecule has 1 aromatic rings. The highest BCUT2D eigenvalue weighted by Crippen LogP contribution is 2.22. The number of nitrogens with one attached hydrogen (secondary N) is 2. The van der Waals surface area contributed by atoms with Crippen LogP contribution in [0.3, 0.4) is 0 Å². The Balaban J connectivity index is 1.76. The van der Waals surface area contributed by atoms with Crippen molar-refractivity contribution < 1.29 is 0 Å². The van der Waals surface area contributed by atoms with E-state index >= 15 is 0 Å². The van der Waals surface area contributed by atoms with E-state index < -0.39 is 0 Å². The molecule has 5 heteroatoms. The van der Waals surface area contributed by atoms with Crippen molar-refractivity contribution in [2.75, 3.05) is 39.3 Å². The van der Waals surface area contributed by atoms with E-state index in [-0.39, 0.29) is 0 Å². The van der Waals surface area contributed by atoms with Crippen LogP contribution in [0.5, 0.6) is 0 Å². The second-order valence-corrected chi connectivity index (χ2v) is 8.31. The fourth-order valence-corrected chi connectivity index (χ4v) is 4.10. The molecule has 1 aliphatic rings. The lowest BCUT2D eigenvalue weighted by Crippen LogP contribution is -2.40. The van der Waals surface area contributed by atoms with Crippen molar-refractivity contribution >= 4 is 17.7 Å². The lowest BCUT2D eigenvalue weighted by Gasteiger charge is -2.17. The SMILES string of the molecule is CCCN1CCC(CNC(=NCC(C)Sc2ccccc2)NCC)C1. The third kappa shape index (κ3) is 7.70. The van der Waals surface area contributed by atoms with Crippen LogP contribution in [0.25, 0.3) is 0 Å². The van der Waals surface area contributed by atoms with E-state index in [1.165, 1.54) is 37.4 Å². The van der Waals surface area contributed by atoms with E-state index in [1.54, 1.807) is 0 Å². The zero-order valence-corrected chi connectivity index (χ0v) is 16.8. The van der Waals surface area contributed by atoms with E-state index in [4.69, 9.17) is 4.99 Å². The molecule has 25 heavy (non-hydrogen) atoms.